The highest BCUT2D eigenvalue weighted by Gasteiger charge is 2.08. The predicted octanol–water partition coefficient (Wildman–Crippen LogP) is 1.25. The fourth-order valence-corrected chi connectivity index (χ4v) is 1.08. The zero-order chi connectivity index (χ0) is 10.6. The monoisotopic (exact) mass is 198 g/mol. The zero-order valence-corrected chi connectivity index (χ0v) is 8.37. The summed E-state index contributed by atoms with van der Waals surface area (Å²) in [4.78, 5) is 3.67. The number of aliphatic hydroxyl groups excluding tert-OH is 1. The van der Waals surface area contributed by atoms with Gasteiger partial charge in [-0.15, -0.1) is 0 Å². The molecule has 0 radical (unpaired) electrons. The molecule has 0 saturated heterocycles. The molecule has 0 fully saturated rings. The normalized spacial score (nSPS) is 13.2. The molecule has 1 heterocycles. The van der Waals surface area contributed by atoms with E-state index in [1.165, 1.54) is 12.3 Å². The van der Waals surface area contributed by atoms with Gasteiger partial charge in [-0.05, 0) is 6.07 Å². The highest BCUT2D eigenvalue weighted by Crippen LogP contribution is 2.11. The molecule has 14 heavy (non-hydrogen) atoms. The molecular weight excluding hydrogens is 183 g/mol. The van der Waals surface area contributed by atoms with Crippen molar-refractivity contribution >= 4 is 0 Å². The van der Waals surface area contributed by atoms with Gasteiger partial charge in [-0.1, -0.05) is 13.8 Å². The van der Waals surface area contributed by atoms with Gasteiger partial charge in [-0.2, -0.15) is 0 Å². The molecule has 0 aliphatic heterocycles. The van der Waals surface area contributed by atoms with Crippen LogP contribution in [-0.2, 0) is 0 Å². The quantitative estimate of drug-likeness (QED) is 0.765. The van der Waals surface area contributed by atoms with E-state index in [4.69, 9.17) is 0 Å². The summed E-state index contributed by atoms with van der Waals surface area (Å²) in [5.74, 6) is -0.425. The van der Waals surface area contributed by atoms with Crippen molar-refractivity contribution in [1.29, 1.82) is 0 Å². The van der Waals surface area contributed by atoms with Gasteiger partial charge < -0.3 is 10.4 Å². The fourth-order valence-electron chi connectivity index (χ4n) is 1.08. The van der Waals surface area contributed by atoms with E-state index < -0.39 is 11.9 Å². The van der Waals surface area contributed by atoms with E-state index in [0.717, 1.165) is 6.20 Å². The Morgan fingerprint density at radius 2 is 2.21 bits per heavy atom. The number of hydrogen-bond donors (Lipinski definition) is 2. The van der Waals surface area contributed by atoms with Gasteiger partial charge >= 0.3 is 0 Å². The number of rotatable bonds is 4. The summed E-state index contributed by atoms with van der Waals surface area (Å²) in [5, 5.41) is 12.7. The van der Waals surface area contributed by atoms with E-state index in [2.05, 4.69) is 10.3 Å². The molecule has 0 spiro atoms. The van der Waals surface area contributed by atoms with Gasteiger partial charge in [0, 0.05) is 24.3 Å². The Balaban J connectivity index is 2.56. The lowest BCUT2D eigenvalue weighted by Crippen LogP contribution is -2.27. The third kappa shape index (κ3) is 3.40. The maximum Gasteiger partial charge on any atom is 0.141 e. The summed E-state index contributed by atoms with van der Waals surface area (Å²) in [6, 6.07) is 1.59. The number of hydrogen-bond acceptors (Lipinski definition) is 3. The predicted molar refractivity (Wildman–Crippen MR) is 52.3 cm³/mol. The molecule has 2 N–H and O–H groups in total. The fraction of sp³-hybridized carbons (Fsp3) is 0.500. The van der Waals surface area contributed by atoms with Gasteiger partial charge in [0.05, 0.1) is 12.3 Å². The molecule has 4 heteroatoms. The van der Waals surface area contributed by atoms with Gasteiger partial charge in [-0.3, -0.25) is 4.98 Å². The first-order valence-corrected chi connectivity index (χ1v) is 4.61. The van der Waals surface area contributed by atoms with Gasteiger partial charge in [0.1, 0.15) is 5.82 Å². The third-order valence-electron chi connectivity index (χ3n) is 1.83. The summed E-state index contributed by atoms with van der Waals surface area (Å²) in [7, 11) is 0. The lowest BCUT2D eigenvalue weighted by molar-refractivity contribution is 0.171. The van der Waals surface area contributed by atoms with Crippen molar-refractivity contribution in [3.63, 3.8) is 0 Å². The first-order valence-electron chi connectivity index (χ1n) is 4.61. The van der Waals surface area contributed by atoms with Crippen molar-refractivity contribution in [2.24, 2.45) is 0 Å². The minimum absolute atomic E-state index is 0.297. The number of aliphatic hydroxyl groups is 1. The smallest absolute Gasteiger partial charge is 0.141 e. The second-order valence-electron chi connectivity index (χ2n) is 3.52. The van der Waals surface area contributed by atoms with E-state index in [-0.39, 0.29) is 0 Å². The SMILES string of the molecule is CC(C)NCC(O)c1cncc(F)c1. The lowest BCUT2D eigenvalue weighted by atomic mass is 10.1. The van der Waals surface area contributed by atoms with Crippen LogP contribution in [-0.4, -0.2) is 22.7 Å². The Labute approximate surface area is 83.0 Å². The van der Waals surface area contributed by atoms with Crippen LogP contribution in [0.15, 0.2) is 18.5 Å². The minimum Gasteiger partial charge on any atom is -0.387 e. The highest BCUT2D eigenvalue weighted by atomic mass is 19.1. The summed E-state index contributed by atoms with van der Waals surface area (Å²) in [5.41, 5.74) is 0.498. The van der Waals surface area contributed by atoms with Crippen LogP contribution in [0, 0.1) is 5.82 Å². The van der Waals surface area contributed by atoms with Crippen molar-refractivity contribution in [2.45, 2.75) is 26.0 Å². The summed E-state index contributed by atoms with van der Waals surface area (Å²) in [6.45, 7) is 4.37. The largest absolute Gasteiger partial charge is 0.387 e. The van der Waals surface area contributed by atoms with Gasteiger partial charge in [0.2, 0.25) is 0 Å². The Kier molecular flexibility index (Phi) is 3.98. The van der Waals surface area contributed by atoms with Crippen LogP contribution in [0.2, 0.25) is 0 Å². The van der Waals surface area contributed by atoms with Crippen molar-refractivity contribution in [3.8, 4) is 0 Å². The Morgan fingerprint density at radius 3 is 2.79 bits per heavy atom. The molecule has 0 bridgehead atoms. The Morgan fingerprint density at radius 1 is 1.50 bits per heavy atom. The Hall–Kier alpha value is -1.00. The van der Waals surface area contributed by atoms with E-state index in [1.807, 2.05) is 13.8 Å². The minimum atomic E-state index is -0.708. The molecule has 0 amide bonds. The summed E-state index contributed by atoms with van der Waals surface area (Å²) >= 11 is 0. The topological polar surface area (TPSA) is 45.1 Å². The van der Waals surface area contributed by atoms with E-state index in [9.17, 15) is 9.50 Å². The second-order valence-corrected chi connectivity index (χ2v) is 3.52. The molecule has 0 aliphatic rings. The molecule has 1 unspecified atom stereocenters. The van der Waals surface area contributed by atoms with Crippen LogP contribution < -0.4 is 5.32 Å². The Bertz CT molecular complexity index is 291. The molecule has 1 aromatic heterocycles. The van der Waals surface area contributed by atoms with Crippen LogP contribution >= 0.6 is 0 Å². The maximum atomic E-state index is 12.7. The van der Waals surface area contributed by atoms with Crippen molar-refractivity contribution < 1.29 is 9.50 Å². The van der Waals surface area contributed by atoms with Crippen molar-refractivity contribution in [1.82, 2.24) is 10.3 Å². The number of nitrogens with one attached hydrogen (secondary N) is 1. The molecule has 0 aliphatic carbocycles. The van der Waals surface area contributed by atoms with E-state index in [0.29, 0.717) is 18.2 Å². The van der Waals surface area contributed by atoms with Crippen LogP contribution in [0.3, 0.4) is 0 Å². The molecule has 1 rings (SSSR count). The van der Waals surface area contributed by atoms with Crippen LogP contribution in [0.1, 0.15) is 25.5 Å². The zero-order valence-electron chi connectivity index (χ0n) is 8.37. The number of aromatic nitrogens is 1. The van der Waals surface area contributed by atoms with Crippen molar-refractivity contribution in [3.05, 3.63) is 29.8 Å². The van der Waals surface area contributed by atoms with Gasteiger partial charge in [-0.25, -0.2) is 4.39 Å². The van der Waals surface area contributed by atoms with Gasteiger partial charge in [0.15, 0.2) is 0 Å². The van der Waals surface area contributed by atoms with Gasteiger partial charge in [0.25, 0.3) is 0 Å². The summed E-state index contributed by atoms with van der Waals surface area (Å²) < 4.78 is 12.7. The third-order valence-corrected chi connectivity index (χ3v) is 1.83. The average molecular weight is 198 g/mol. The van der Waals surface area contributed by atoms with Crippen LogP contribution in [0.4, 0.5) is 4.39 Å². The number of pyridine rings is 1. The van der Waals surface area contributed by atoms with E-state index in [1.54, 1.807) is 0 Å². The molecule has 1 atom stereocenters. The first kappa shape index (κ1) is 11.1. The van der Waals surface area contributed by atoms with Crippen LogP contribution in [0.5, 0.6) is 0 Å². The standard InChI is InChI=1S/C10H15FN2O/c1-7(2)13-6-10(14)8-3-9(11)5-12-4-8/h3-5,7,10,13-14H,6H2,1-2H3. The first-order chi connectivity index (χ1) is 6.59. The molecule has 0 aromatic carbocycles. The average Bonchev–Trinajstić information content (AvgIpc) is 2.14. The highest BCUT2D eigenvalue weighted by molar-refractivity contribution is 5.13. The van der Waals surface area contributed by atoms with E-state index >= 15 is 0 Å². The van der Waals surface area contributed by atoms with Crippen LogP contribution in [0.25, 0.3) is 0 Å². The molecule has 3 nitrogen and oxygen atoms in total. The summed E-state index contributed by atoms with van der Waals surface area (Å²) in [6.07, 6.45) is 1.88. The second kappa shape index (κ2) is 5.02. The molecule has 0 saturated carbocycles. The maximum absolute atomic E-state index is 12.7. The number of halogens is 1. The molecule has 1 aromatic rings. The number of nitrogens with zero attached hydrogens (tertiary/aromatic N) is 1. The molecular formula is C10H15FN2O. The molecule has 78 valence electrons. The lowest BCUT2D eigenvalue weighted by Gasteiger charge is -2.13. The van der Waals surface area contributed by atoms with Crippen molar-refractivity contribution in [2.75, 3.05) is 6.54 Å².